The number of nitrogen functional groups attached to an aromatic ring is 1. The molecule has 7 heteroatoms. The number of ether oxygens (including phenoxy) is 2. The van der Waals surface area contributed by atoms with E-state index in [0.29, 0.717) is 34.3 Å². The Morgan fingerprint density at radius 2 is 1.76 bits per heavy atom. The predicted molar refractivity (Wildman–Crippen MR) is 94.7 cm³/mol. The number of halogens is 1. The highest BCUT2D eigenvalue weighted by Gasteiger charge is 2.10. The Hall–Kier alpha value is -3.35. The molecule has 0 bridgehead atoms. The fourth-order valence-corrected chi connectivity index (χ4v) is 2.41. The SMILES string of the molecule is COc1ccc(Nc2cc(-c3ccc(F)cc3OC)ncn2)cc1N. The molecule has 2 aromatic carbocycles. The van der Waals surface area contributed by atoms with Gasteiger partial charge in [0.15, 0.2) is 0 Å². The number of hydrogen-bond acceptors (Lipinski definition) is 6. The van der Waals surface area contributed by atoms with E-state index in [1.807, 2.05) is 6.07 Å². The second kappa shape index (κ2) is 7.04. The normalized spacial score (nSPS) is 10.4. The third kappa shape index (κ3) is 3.60. The molecule has 0 atom stereocenters. The first-order chi connectivity index (χ1) is 12.1. The summed E-state index contributed by atoms with van der Waals surface area (Å²) in [6, 6.07) is 11.4. The van der Waals surface area contributed by atoms with Crippen LogP contribution in [0.15, 0.2) is 48.8 Å². The summed E-state index contributed by atoms with van der Waals surface area (Å²) in [4.78, 5) is 8.43. The van der Waals surface area contributed by atoms with E-state index in [-0.39, 0.29) is 5.82 Å². The van der Waals surface area contributed by atoms with Crippen molar-refractivity contribution >= 4 is 17.2 Å². The third-order valence-electron chi connectivity index (χ3n) is 3.61. The van der Waals surface area contributed by atoms with Crippen molar-refractivity contribution in [1.82, 2.24) is 9.97 Å². The van der Waals surface area contributed by atoms with Gasteiger partial charge >= 0.3 is 0 Å². The van der Waals surface area contributed by atoms with Gasteiger partial charge in [-0.25, -0.2) is 14.4 Å². The van der Waals surface area contributed by atoms with Crippen molar-refractivity contribution in [3.05, 3.63) is 54.6 Å². The van der Waals surface area contributed by atoms with Crippen LogP contribution in [0.4, 0.5) is 21.6 Å². The first-order valence-corrected chi connectivity index (χ1v) is 7.47. The highest BCUT2D eigenvalue weighted by molar-refractivity contribution is 5.71. The maximum atomic E-state index is 13.4. The van der Waals surface area contributed by atoms with Crippen LogP contribution >= 0.6 is 0 Å². The van der Waals surface area contributed by atoms with Crippen molar-refractivity contribution in [3.8, 4) is 22.8 Å². The number of nitrogens with zero attached hydrogens (tertiary/aromatic N) is 2. The van der Waals surface area contributed by atoms with Crippen LogP contribution in [0.1, 0.15) is 0 Å². The van der Waals surface area contributed by atoms with Gasteiger partial charge in [0.1, 0.15) is 29.5 Å². The van der Waals surface area contributed by atoms with Crippen molar-refractivity contribution < 1.29 is 13.9 Å². The van der Waals surface area contributed by atoms with E-state index in [1.54, 1.807) is 31.4 Å². The van der Waals surface area contributed by atoms with E-state index >= 15 is 0 Å². The Labute approximate surface area is 144 Å². The van der Waals surface area contributed by atoms with Crippen molar-refractivity contribution in [3.63, 3.8) is 0 Å². The smallest absolute Gasteiger partial charge is 0.141 e. The lowest BCUT2D eigenvalue weighted by Crippen LogP contribution is -1.98. The van der Waals surface area contributed by atoms with Crippen LogP contribution in [0, 0.1) is 5.82 Å². The number of benzene rings is 2. The quantitative estimate of drug-likeness (QED) is 0.690. The zero-order chi connectivity index (χ0) is 17.8. The maximum absolute atomic E-state index is 13.4. The van der Waals surface area contributed by atoms with E-state index in [9.17, 15) is 4.39 Å². The number of nitrogens with one attached hydrogen (secondary N) is 1. The van der Waals surface area contributed by atoms with Crippen LogP contribution in [0.2, 0.25) is 0 Å². The summed E-state index contributed by atoms with van der Waals surface area (Å²) in [5.41, 5.74) is 8.46. The summed E-state index contributed by atoms with van der Waals surface area (Å²) >= 11 is 0. The first-order valence-electron chi connectivity index (χ1n) is 7.47. The van der Waals surface area contributed by atoms with Gasteiger partial charge < -0.3 is 20.5 Å². The molecule has 3 N–H and O–H groups in total. The Kier molecular flexibility index (Phi) is 4.65. The van der Waals surface area contributed by atoms with Crippen LogP contribution in [-0.4, -0.2) is 24.2 Å². The number of rotatable bonds is 5. The average molecular weight is 340 g/mol. The lowest BCUT2D eigenvalue weighted by Gasteiger charge is -2.11. The number of nitrogens with two attached hydrogens (primary N) is 1. The topological polar surface area (TPSA) is 82.3 Å². The molecule has 3 rings (SSSR count). The molecule has 1 heterocycles. The number of hydrogen-bond donors (Lipinski definition) is 2. The van der Waals surface area contributed by atoms with E-state index in [4.69, 9.17) is 15.2 Å². The van der Waals surface area contributed by atoms with Gasteiger partial charge in [-0.05, 0) is 30.3 Å². The third-order valence-corrected chi connectivity index (χ3v) is 3.61. The van der Waals surface area contributed by atoms with Gasteiger partial charge in [-0.15, -0.1) is 0 Å². The molecule has 0 amide bonds. The summed E-state index contributed by atoms with van der Waals surface area (Å²) in [5, 5.41) is 3.15. The molecule has 0 spiro atoms. The molecule has 3 aromatic rings. The van der Waals surface area contributed by atoms with Gasteiger partial charge in [-0.2, -0.15) is 0 Å². The fraction of sp³-hybridized carbons (Fsp3) is 0.111. The lowest BCUT2D eigenvalue weighted by molar-refractivity contribution is 0.413. The number of methoxy groups -OCH3 is 2. The lowest BCUT2D eigenvalue weighted by atomic mass is 10.1. The van der Waals surface area contributed by atoms with E-state index in [1.165, 1.54) is 25.6 Å². The molecule has 0 fully saturated rings. The number of anilines is 3. The van der Waals surface area contributed by atoms with Gasteiger partial charge in [0.25, 0.3) is 0 Å². The highest BCUT2D eigenvalue weighted by Crippen LogP contribution is 2.31. The standard InChI is InChI=1S/C18H17FN4O2/c1-24-16-6-4-12(8-14(16)20)23-18-9-15(21-10-22-18)13-5-3-11(19)7-17(13)25-2/h3-10H,20H2,1-2H3,(H,21,22,23). The van der Waals surface area contributed by atoms with Crippen LogP contribution in [0.5, 0.6) is 11.5 Å². The predicted octanol–water partition coefficient (Wildman–Crippen LogP) is 3.63. The Morgan fingerprint density at radius 3 is 2.48 bits per heavy atom. The van der Waals surface area contributed by atoms with Gasteiger partial charge in [0.05, 0.1) is 25.6 Å². The van der Waals surface area contributed by atoms with E-state index < -0.39 is 0 Å². The molecule has 0 unspecified atom stereocenters. The van der Waals surface area contributed by atoms with E-state index in [2.05, 4.69) is 15.3 Å². The summed E-state index contributed by atoms with van der Waals surface area (Å²) in [5.74, 6) is 1.20. The molecule has 0 saturated carbocycles. The molecule has 25 heavy (non-hydrogen) atoms. The highest BCUT2D eigenvalue weighted by atomic mass is 19.1. The zero-order valence-corrected chi connectivity index (χ0v) is 13.8. The van der Waals surface area contributed by atoms with Gasteiger partial charge in [0.2, 0.25) is 0 Å². The van der Waals surface area contributed by atoms with Gasteiger partial charge in [-0.1, -0.05) is 0 Å². The van der Waals surface area contributed by atoms with Crippen LogP contribution in [0.3, 0.4) is 0 Å². The molecule has 0 saturated heterocycles. The molecule has 0 radical (unpaired) electrons. The second-order valence-corrected chi connectivity index (χ2v) is 5.21. The molecule has 128 valence electrons. The van der Waals surface area contributed by atoms with Crippen molar-refractivity contribution in [1.29, 1.82) is 0 Å². The Morgan fingerprint density at radius 1 is 0.960 bits per heavy atom. The minimum absolute atomic E-state index is 0.373. The van der Waals surface area contributed by atoms with Crippen LogP contribution < -0.4 is 20.5 Å². The summed E-state index contributed by atoms with van der Waals surface area (Å²) < 4.78 is 23.7. The first kappa shape index (κ1) is 16.5. The molecule has 0 aliphatic rings. The average Bonchev–Trinajstić information content (AvgIpc) is 2.62. The molecule has 6 nitrogen and oxygen atoms in total. The minimum Gasteiger partial charge on any atom is -0.496 e. The van der Waals surface area contributed by atoms with Crippen molar-refractivity contribution in [2.45, 2.75) is 0 Å². The van der Waals surface area contributed by atoms with Crippen molar-refractivity contribution in [2.75, 3.05) is 25.3 Å². The molecule has 0 aliphatic heterocycles. The molecule has 0 aliphatic carbocycles. The van der Waals surface area contributed by atoms with E-state index in [0.717, 1.165) is 5.69 Å². The molecule has 1 aromatic heterocycles. The van der Waals surface area contributed by atoms with Gasteiger partial charge in [-0.3, -0.25) is 0 Å². The monoisotopic (exact) mass is 340 g/mol. The Bertz CT molecular complexity index is 902. The maximum Gasteiger partial charge on any atom is 0.141 e. The molecular formula is C18H17FN4O2. The fourth-order valence-electron chi connectivity index (χ4n) is 2.41. The second-order valence-electron chi connectivity index (χ2n) is 5.21. The summed E-state index contributed by atoms with van der Waals surface area (Å²) in [6.45, 7) is 0. The van der Waals surface area contributed by atoms with Crippen molar-refractivity contribution in [2.24, 2.45) is 0 Å². The Balaban J connectivity index is 1.91. The minimum atomic E-state index is -0.373. The van der Waals surface area contributed by atoms with Gasteiger partial charge in [0, 0.05) is 23.4 Å². The number of aromatic nitrogens is 2. The summed E-state index contributed by atoms with van der Waals surface area (Å²) in [7, 11) is 3.05. The van der Waals surface area contributed by atoms with Crippen LogP contribution in [-0.2, 0) is 0 Å². The van der Waals surface area contributed by atoms with Crippen LogP contribution in [0.25, 0.3) is 11.3 Å². The molecular weight excluding hydrogens is 323 g/mol. The summed E-state index contributed by atoms with van der Waals surface area (Å²) in [6.07, 6.45) is 1.42. The zero-order valence-electron chi connectivity index (χ0n) is 13.8. The largest absolute Gasteiger partial charge is 0.496 e.